The number of nitrogens with zero attached hydrogens (tertiary/aromatic N) is 2. The molecule has 0 saturated carbocycles. The third-order valence-corrected chi connectivity index (χ3v) is 3.32. The van der Waals surface area contributed by atoms with Gasteiger partial charge in [0.1, 0.15) is 12.6 Å². The van der Waals surface area contributed by atoms with E-state index in [1.54, 1.807) is 24.3 Å². The quantitative estimate of drug-likeness (QED) is 0.812. The smallest absolute Gasteiger partial charge is 0.325 e. The van der Waals surface area contributed by atoms with E-state index >= 15 is 0 Å². The van der Waals surface area contributed by atoms with Crippen LogP contribution < -0.4 is 10.6 Å². The summed E-state index contributed by atoms with van der Waals surface area (Å²) in [5.74, 6) is -0.907. The van der Waals surface area contributed by atoms with E-state index in [0.717, 1.165) is 4.90 Å². The van der Waals surface area contributed by atoms with Gasteiger partial charge in [-0.25, -0.2) is 4.79 Å². The first-order valence-corrected chi connectivity index (χ1v) is 6.84. The molecule has 114 valence electrons. The summed E-state index contributed by atoms with van der Waals surface area (Å²) < 4.78 is 0. The van der Waals surface area contributed by atoms with Gasteiger partial charge in [0.05, 0.1) is 11.6 Å². The number of rotatable bonds is 4. The fraction of sp³-hybridized carbons (Fsp3) is 0.333. The largest absolute Gasteiger partial charge is 0.326 e. The number of hydrogen-bond acceptors (Lipinski definition) is 4. The van der Waals surface area contributed by atoms with E-state index in [2.05, 4.69) is 10.6 Å². The van der Waals surface area contributed by atoms with Gasteiger partial charge in [0.2, 0.25) is 5.91 Å². The highest BCUT2D eigenvalue weighted by Gasteiger charge is 2.40. The highest BCUT2D eigenvalue weighted by molar-refractivity contribution is 6.08. The average Bonchev–Trinajstić information content (AvgIpc) is 2.76. The lowest BCUT2D eigenvalue weighted by Gasteiger charge is -2.14. The number of anilines is 1. The van der Waals surface area contributed by atoms with E-state index in [1.165, 1.54) is 0 Å². The molecule has 1 aliphatic rings. The number of carbonyl (C=O) groups is 3. The van der Waals surface area contributed by atoms with Gasteiger partial charge in [0.25, 0.3) is 5.91 Å². The molecular weight excluding hydrogens is 284 g/mol. The molecule has 7 nitrogen and oxygen atoms in total. The molecular formula is C15H16N4O3. The molecule has 0 aliphatic carbocycles. The van der Waals surface area contributed by atoms with Crippen molar-refractivity contribution in [2.75, 3.05) is 11.9 Å². The zero-order valence-electron chi connectivity index (χ0n) is 12.3. The molecule has 1 aliphatic heterocycles. The van der Waals surface area contributed by atoms with Crippen LogP contribution in [0.2, 0.25) is 0 Å². The predicted molar refractivity (Wildman–Crippen MR) is 78.7 cm³/mol. The van der Waals surface area contributed by atoms with Crippen molar-refractivity contribution in [3.05, 3.63) is 29.8 Å². The Kier molecular flexibility index (Phi) is 4.41. The van der Waals surface area contributed by atoms with Gasteiger partial charge < -0.3 is 10.6 Å². The molecule has 0 bridgehead atoms. The summed E-state index contributed by atoms with van der Waals surface area (Å²) in [6.45, 7) is 3.31. The maximum atomic E-state index is 12.1. The van der Waals surface area contributed by atoms with Crippen molar-refractivity contribution in [2.24, 2.45) is 5.92 Å². The Labute approximate surface area is 127 Å². The monoisotopic (exact) mass is 300 g/mol. The van der Waals surface area contributed by atoms with E-state index in [-0.39, 0.29) is 12.5 Å². The van der Waals surface area contributed by atoms with Crippen LogP contribution in [0.3, 0.4) is 0 Å². The Morgan fingerprint density at radius 3 is 2.50 bits per heavy atom. The molecule has 7 heteroatoms. The number of carbonyl (C=O) groups excluding carboxylic acids is 3. The SMILES string of the molecule is CC(C)[C@H]1NC(=O)N(CC(=O)Nc2ccc(C#N)cc2)C1=O. The van der Waals surface area contributed by atoms with Crippen molar-refractivity contribution in [3.8, 4) is 6.07 Å². The number of imide groups is 1. The number of amides is 4. The molecule has 1 aromatic carbocycles. The number of hydrogen-bond donors (Lipinski definition) is 2. The Morgan fingerprint density at radius 2 is 2.00 bits per heavy atom. The van der Waals surface area contributed by atoms with Gasteiger partial charge in [-0.3, -0.25) is 14.5 Å². The molecule has 0 spiro atoms. The standard InChI is InChI=1S/C15H16N4O3/c1-9(2)13-14(21)19(15(22)18-13)8-12(20)17-11-5-3-10(7-16)4-6-11/h3-6,9,13H,8H2,1-2H3,(H,17,20)(H,18,22)/t13-/m1/s1. The number of nitriles is 1. The van der Waals surface area contributed by atoms with Gasteiger partial charge in [-0.15, -0.1) is 0 Å². The molecule has 1 heterocycles. The summed E-state index contributed by atoms with van der Waals surface area (Å²) in [6, 6.07) is 7.13. The average molecular weight is 300 g/mol. The van der Waals surface area contributed by atoms with Gasteiger partial charge in [-0.2, -0.15) is 5.26 Å². The van der Waals surface area contributed by atoms with E-state index in [9.17, 15) is 14.4 Å². The Hall–Kier alpha value is -2.88. The molecule has 4 amide bonds. The molecule has 2 rings (SSSR count). The van der Waals surface area contributed by atoms with Crippen LogP contribution in [-0.2, 0) is 9.59 Å². The third-order valence-electron chi connectivity index (χ3n) is 3.32. The Balaban J connectivity index is 1.98. The van der Waals surface area contributed by atoms with Crippen molar-refractivity contribution in [2.45, 2.75) is 19.9 Å². The molecule has 0 aromatic heterocycles. The van der Waals surface area contributed by atoms with Crippen LogP contribution in [0.25, 0.3) is 0 Å². The molecule has 22 heavy (non-hydrogen) atoms. The van der Waals surface area contributed by atoms with Crippen molar-refractivity contribution in [1.82, 2.24) is 10.2 Å². The van der Waals surface area contributed by atoms with E-state index in [4.69, 9.17) is 5.26 Å². The molecule has 1 saturated heterocycles. The lowest BCUT2D eigenvalue weighted by molar-refractivity contribution is -0.131. The van der Waals surface area contributed by atoms with E-state index in [0.29, 0.717) is 11.3 Å². The normalized spacial score (nSPS) is 17.4. The van der Waals surface area contributed by atoms with Gasteiger partial charge in [-0.05, 0) is 30.2 Å². The summed E-state index contributed by atoms with van der Waals surface area (Å²) in [5, 5.41) is 13.8. The number of urea groups is 1. The van der Waals surface area contributed by atoms with Crippen LogP contribution in [0.1, 0.15) is 19.4 Å². The van der Waals surface area contributed by atoms with Crippen LogP contribution in [0.4, 0.5) is 10.5 Å². The summed E-state index contributed by atoms with van der Waals surface area (Å²) >= 11 is 0. The van der Waals surface area contributed by atoms with Crippen LogP contribution >= 0.6 is 0 Å². The van der Waals surface area contributed by atoms with Crippen molar-refractivity contribution in [1.29, 1.82) is 5.26 Å². The second kappa shape index (κ2) is 6.26. The second-order valence-electron chi connectivity index (χ2n) is 5.33. The minimum Gasteiger partial charge on any atom is -0.326 e. The summed E-state index contributed by atoms with van der Waals surface area (Å²) in [4.78, 5) is 36.7. The van der Waals surface area contributed by atoms with Gasteiger partial charge in [0, 0.05) is 5.69 Å². The van der Waals surface area contributed by atoms with Gasteiger partial charge >= 0.3 is 6.03 Å². The molecule has 0 radical (unpaired) electrons. The molecule has 1 aromatic rings. The van der Waals surface area contributed by atoms with Crippen molar-refractivity contribution >= 4 is 23.5 Å². The first-order valence-electron chi connectivity index (χ1n) is 6.84. The Bertz CT molecular complexity index is 646. The lowest BCUT2D eigenvalue weighted by Crippen LogP contribution is -2.39. The molecule has 0 unspecified atom stereocenters. The second-order valence-corrected chi connectivity index (χ2v) is 5.33. The zero-order valence-corrected chi connectivity index (χ0v) is 12.3. The first kappa shape index (κ1) is 15.5. The van der Waals surface area contributed by atoms with Gasteiger partial charge in [-0.1, -0.05) is 13.8 Å². The Morgan fingerprint density at radius 1 is 1.36 bits per heavy atom. The van der Waals surface area contributed by atoms with Crippen molar-refractivity contribution in [3.63, 3.8) is 0 Å². The minimum absolute atomic E-state index is 0.0389. The van der Waals surface area contributed by atoms with Crippen LogP contribution in [-0.4, -0.2) is 35.3 Å². The van der Waals surface area contributed by atoms with Gasteiger partial charge in [0.15, 0.2) is 0 Å². The first-order chi connectivity index (χ1) is 10.4. The summed E-state index contributed by atoms with van der Waals surface area (Å²) in [6.07, 6.45) is 0. The third kappa shape index (κ3) is 3.23. The molecule has 1 fully saturated rings. The lowest BCUT2D eigenvalue weighted by atomic mass is 10.1. The fourth-order valence-electron chi connectivity index (χ4n) is 2.11. The fourth-order valence-corrected chi connectivity index (χ4v) is 2.11. The van der Waals surface area contributed by atoms with Crippen LogP contribution in [0.5, 0.6) is 0 Å². The van der Waals surface area contributed by atoms with Crippen LogP contribution in [0, 0.1) is 17.2 Å². The number of nitrogens with one attached hydrogen (secondary N) is 2. The van der Waals surface area contributed by atoms with E-state index < -0.39 is 23.9 Å². The highest BCUT2D eigenvalue weighted by atomic mass is 16.2. The van der Waals surface area contributed by atoms with Crippen molar-refractivity contribution < 1.29 is 14.4 Å². The maximum Gasteiger partial charge on any atom is 0.325 e. The minimum atomic E-state index is -0.588. The molecule has 1 atom stereocenters. The van der Waals surface area contributed by atoms with E-state index in [1.807, 2.05) is 19.9 Å². The van der Waals surface area contributed by atoms with Crippen LogP contribution in [0.15, 0.2) is 24.3 Å². The summed E-state index contributed by atoms with van der Waals surface area (Å²) in [7, 11) is 0. The topological polar surface area (TPSA) is 102 Å². The summed E-state index contributed by atoms with van der Waals surface area (Å²) in [5.41, 5.74) is 0.975. The highest BCUT2D eigenvalue weighted by Crippen LogP contribution is 2.14. The number of benzene rings is 1. The maximum absolute atomic E-state index is 12.1. The molecule has 2 N–H and O–H groups in total. The zero-order chi connectivity index (χ0) is 16.3. The predicted octanol–water partition coefficient (Wildman–Crippen LogP) is 1.07.